The smallest absolute Gasteiger partial charge is 0.110 e. The molecule has 17 heavy (non-hydrogen) atoms. The third kappa shape index (κ3) is 2.71. The Kier molecular flexibility index (Phi) is 3.57. The lowest BCUT2D eigenvalue weighted by atomic mass is 9.66. The quantitative estimate of drug-likeness (QED) is 0.875. The van der Waals surface area contributed by atoms with Crippen molar-refractivity contribution in [3.8, 4) is 0 Å². The Morgan fingerprint density at radius 3 is 2.88 bits per heavy atom. The van der Waals surface area contributed by atoms with Crippen LogP contribution < -0.4 is 0 Å². The molecule has 1 fully saturated rings. The van der Waals surface area contributed by atoms with Crippen molar-refractivity contribution in [2.75, 3.05) is 0 Å². The van der Waals surface area contributed by atoms with Crippen LogP contribution in [0.25, 0.3) is 0 Å². The van der Waals surface area contributed by atoms with Crippen LogP contribution in [-0.4, -0.2) is 20.8 Å². The molecule has 1 aliphatic carbocycles. The van der Waals surface area contributed by atoms with E-state index in [1.54, 1.807) is 6.20 Å². The summed E-state index contributed by atoms with van der Waals surface area (Å²) in [5.74, 6) is 1.40. The van der Waals surface area contributed by atoms with Crippen molar-refractivity contribution >= 4 is 0 Å². The predicted octanol–water partition coefficient (Wildman–Crippen LogP) is 2.54. The fraction of sp³-hybridized carbons (Fsp3) is 0.786. The van der Waals surface area contributed by atoms with Gasteiger partial charge in [-0.25, -0.2) is 4.98 Å². The van der Waals surface area contributed by atoms with E-state index in [1.807, 2.05) is 17.8 Å². The van der Waals surface area contributed by atoms with Crippen molar-refractivity contribution in [1.82, 2.24) is 9.55 Å². The molecule has 1 saturated carbocycles. The Morgan fingerprint density at radius 2 is 2.29 bits per heavy atom. The topological polar surface area (TPSA) is 38.0 Å². The summed E-state index contributed by atoms with van der Waals surface area (Å²) < 4.78 is 2.00. The van der Waals surface area contributed by atoms with Crippen molar-refractivity contribution in [3.05, 3.63) is 18.2 Å². The van der Waals surface area contributed by atoms with Gasteiger partial charge < -0.3 is 9.67 Å². The van der Waals surface area contributed by atoms with Crippen molar-refractivity contribution in [2.24, 2.45) is 18.4 Å². The molecule has 1 N–H and O–H groups in total. The van der Waals surface area contributed by atoms with E-state index in [-0.39, 0.29) is 11.5 Å². The highest BCUT2D eigenvalue weighted by atomic mass is 16.3. The Bertz CT molecular complexity index is 370. The van der Waals surface area contributed by atoms with Crippen LogP contribution in [0.5, 0.6) is 0 Å². The number of hydrogen-bond donors (Lipinski definition) is 1. The van der Waals surface area contributed by atoms with Crippen LogP contribution in [0.4, 0.5) is 0 Å². The van der Waals surface area contributed by atoms with Gasteiger partial charge in [-0.2, -0.15) is 0 Å². The molecule has 2 unspecified atom stereocenters. The molecule has 96 valence electrons. The zero-order valence-corrected chi connectivity index (χ0v) is 11.2. The molecular formula is C14H24N2O. The SMILES string of the molecule is Cn1ccnc1CC(O)C1CCCCC1(C)C. The van der Waals surface area contributed by atoms with E-state index < -0.39 is 0 Å². The maximum atomic E-state index is 10.5. The summed E-state index contributed by atoms with van der Waals surface area (Å²) in [6, 6.07) is 0. The molecule has 0 spiro atoms. The summed E-state index contributed by atoms with van der Waals surface area (Å²) in [7, 11) is 1.99. The number of aromatic nitrogens is 2. The van der Waals surface area contributed by atoms with Crippen molar-refractivity contribution in [1.29, 1.82) is 0 Å². The number of rotatable bonds is 3. The van der Waals surface area contributed by atoms with Crippen molar-refractivity contribution in [2.45, 2.75) is 52.1 Å². The lowest BCUT2D eigenvalue weighted by molar-refractivity contribution is 0.00447. The number of aliphatic hydroxyl groups is 1. The van der Waals surface area contributed by atoms with Gasteiger partial charge in [-0.05, 0) is 24.2 Å². The van der Waals surface area contributed by atoms with Crippen LogP contribution in [0.2, 0.25) is 0 Å². The van der Waals surface area contributed by atoms with E-state index in [0.717, 1.165) is 12.2 Å². The lowest BCUT2D eigenvalue weighted by Gasteiger charge is -2.41. The maximum Gasteiger partial charge on any atom is 0.110 e. The van der Waals surface area contributed by atoms with E-state index in [0.29, 0.717) is 12.3 Å². The fourth-order valence-corrected chi connectivity index (χ4v) is 3.16. The first-order valence-electron chi connectivity index (χ1n) is 6.65. The Balaban J connectivity index is 2.04. The molecule has 1 aliphatic rings. The average molecular weight is 236 g/mol. The molecule has 0 amide bonds. The minimum Gasteiger partial charge on any atom is -0.392 e. The monoisotopic (exact) mass is 236 g/mol. The van der Waals surface area contributed by atoms with E-state index in [9.17, 15) is 5.11 Å². The van der Waals surface area contributed by atoms with E-state index in [4.69, 9.17) is 0 Å². The van der Waals surface area contributed by atoms with Gasteiger partial charge in [0.1, 0.15) is 5.82 Å². The molecule has 0 aliphatic heterocycles. The molecule has 0 aromatic carbocycles. The maximum absolute atomic E-state index is 10.5. The summed E-state index contributed by atoms with van der Waals surface area (Å²) in [5.41, 5.74) is 0.267. The normalized spacial score (nSPS) is 25.8. The number of aryl methyl sites for hydroxylation is 1. The van der Waals surface area contributed by atoms with Gasteiger partial charge >= 0.3 is 0 Å². The van der Waals surface area contributed by atoms with Crippen molar-refractivity contribution in [3.63, 3.8) is 0 Å². The zero-order chi connectivity index (χ0) is 12.5. The number of nitrogens with zero attached hydrogens (tertiary/aromatic N) is 2. The molecule has 3 heteroatoms. The molecule has 2 atom stereocenters. The van der Waals surface area contributed by atoms with Crippen LogP contribution in [0.1, 0.15) is 45.4 Å². The predicted molar refractivity (Wildman–Crippen MR) is 68.7 cm³/mol. The fourth-order valence-electron chi connectivity index (χ4n) is 3.16. The Hall–Kier alpha value is -0.830. The largest absolute Gasteiger partial charge is 0.392 e. The van der Waals surface area contributed by atoms with Crippen LogP contribution in [-0.2, 0) is 13.5 Å². The highest BCUT2D eigenvalue weighted by Crippen LogP contribution is 2.42. The number of hydrogen-bond acceptors (Lipinski definition) is 2. The Labute approximate surface area is 104 Å². The second-order valence-electron chi connectivity index (χ2n) is 6.07. The third-order valence-corrected chi connectivity index (χ3v) is 4.37. The van der Waals surface area contributed by atoms with Gasteiger partial charge in [0.25, 0.3) is 0 Å². The van der Waals surface area contributed by atoms with Gasteiger partial charge in [0, 0.05) is 25.9 Å². The molecule has 1 aromatic rings. The second kappa shape index (κ2) is 4.81. The minimum atomic E-state index is -0.258. The van der Waals surface area contributed by atoms with Gasteiger partial charge in [0.05, 0.1) is 6.10 Å². The third-order valence-electron chi connectivity index (χ3n) is 4.37. The first kappa shape index (κ1) is 12.6. The summed E-state index contributed by atoms with van der Waals surface area (Å²) in [6.07, 6.45) is 9.10. The van der Waals surface area contributed by atoms with Crippen LogP contribution in [0.3, 0.4) is 0 Å². The summed E-state index contributed by atoms with van der Waals surface area (Å²) in [5, 5.41) is 10.5. The lowest BCUT2D eigenvalue weighted by Crippen LogP contribution is -2.38. The van der Waals surface area contributed by atoms with Gasteiger partial charge in [0.15, 0.2) is 0 Å². The molecule has 2 rings (SSSR count). The standard InChI is InChI=1S/C14H24N2O/c1-14(2)7-5-4-6-11(14)12(17)10-13-15-8-9-16(13)3/h8-9,11-12,17H,4-7,10H2,1-3H3. The van der Waals surface area contributed by atoms with E-state index in [1.165, 1.54) is 19.3 Å². The molecule has 0 saturated heterocycles. The first-order chi connectivity index (χ1) is 8.00. The molecule has 0 bridgehead atoms. The molecule has 1 aromatic heterocycles. The van der Waals surface area contributed by atoms with Crippen LogP contribution in [0, 0.1) is 11.3 Å². The second-order valence-corrected chi connectivity index (χ2v) is 6.07. The van der Waals surface area contributed by atoms with Gasteiger partial charge in [-0.3, -0.25) is 0 Å². The molecule has 3 nitrogen and oxygen atoms in total. The van der Waals surface area contributed by atoms with Crippen molar-refractivity contribution < 1.29 is 5.11 Å². The van der Waals surface area contributed by atoms with Gasteiger partial charge in [0.2, 0.25) is 0 Å². The molecule has 0 radical (unpaired) electrons. The van der Waals surface area contributed by atoms with Gasteiger partial charge in [-0.15, -0.1) is 0 Å². The van der Waals surface area contributed by atoms with E-state index in [2.05, 4.69) is 18.8 Å². The zero-order valence-electron chi connectivity index (χ0n) is 11.2. The summed E-state index contributed by atoms with van der Waals surface area (Å²) in [6.45, 7) is 4.58. The first-order valence-corrected chi connectivity index (χ1v) is 6.65. The summed E-state index contributed by atoms with van der Waals surface area (Å²) in [4.78, 5) is 4.30. The summed E-state index contributed by atoms with van der Waals surface area (Å²) >= 11 is 0. The van der Waals surface area contributed by atoms with E-state index >= 15 is 0 Å². The number of imidazole rings is 1. The highest BCUT2D eigenvalue weighted by molar-refractivity contribution is 4.97. The van der Waals surface area contributed by atoms with Crippen LogP contribution >= 0.6 is 0 Å². The average Bonchev–Trinajstić information content (AvgIpc) is 2.63. The van der Waals surface area contributed by atoms with Gasteiger partial charge in [-0.1, -0.05) is 26.7 Å². The highest BCUT2D eigenvalue weighted by Gasteiger charge is 2.37. The Morgan fingerprint density at radius 1 is 1.53 bits per heavy atom. The number of aliphatic hydroxyl groups excluding tert-OH is 1. The molecule has 1 heterocycles. The minimum absolute atomic E-state index is 0.258. The molecular weight excluding hydrogens is 212 g/mol. The van der Waals surface area contributed by atoms with Crippen LogP contribution in [0.15, 0.2) is 12.4 Å².